The van der Waals surface area contributed by atoms with Gasteiger partial charge in [-0.25, -0.2) is 0 Å². The third kappa shape index (κ3) is 3.57. The Balaban J connectivity index is 1.64. The molecule has 0 amide bonds. The predicted molar refractivity (Wildman–Crippen MR) is 151 cm³/mol. The summed E-state index contributed by atoms with van der Waals surface area (Å²) in [6.07, 6.45) is 4.04. The zero-order valence-corrected chi connectivity index (χ0v) is 24.9. The lowest BCUT2D eigenvalue weighted by atomic mass is 9.61. The van der Waals surface area contributed by atoms with Gasteiger partial charge in [0, 0.05) is 25.7 Å². The van der Waals surface area contributed by atoms with Crippen LogP contribution in [0.2, 0.25) is 0 Å². The number of carbonyl (C=O) groups is 4. The van der Waals surface area contributed by atoms with E-state index in [4.69, 9.17) is 9.15 Å². The minimum absolute atomic E-state index is 0.0449. The molecule has 0 saturated heterocycles. The van der Waals surface area contributed by atoms with E-state index in [1.54, 1.807) is 39.8 Å². The average Bonchev–Trinajstić information content (AvgIpc) is 3.64. The summed E-state index contributed by atoms with van der Waals surface area (Å²) in [6, 6.07) is 11.2. The van der Waals surface area contributed by atoms with Crippen molar-refractivity contribution in [2.24, 2.45) is 10.8 Å². The fourth-order valence-corrected chi connectivity index (χ4v) is 6.73. The van der Waals surface area contributed by atoms with Gasteiger partial charge in [0.25, 0.3) is 0 Å². The first-order valence-electron chi connectivity index (χ1n) is 14.2. The Morgan fingerprint density at radius 1 is 0.525 bits per heavy atom. The standard InChI is InChI=1S/C34H40O6/c1-29(2)23(35)13-15-25(37)31(5,6)33-19-20-34(40-33,22-12-10-9-11-21(22)33)32(7,8)26(38)16-14-24(36)30(3,4)28-18-17-27(29)39-28/h9-12,17-20H,13-16H2,1-8H3. The van der Waals surface area contributed by atoms with E-state index in [0.717, 1.165) is 11.1 Å². The highest BCUT2D eigenvalue weighted by atomic mass is 16.5. The van der Waals surface area contributed by atoms with E-state index in [0.29, 0.717) is 11.5 Å². The van der Waals surface area contributed by atoms with Crippen molar-refractivity contribution in [1.29, 1.82) is 0 Å². The first-order chi connectivity index (χ1) is 18.4. The summed E-state index contributed by atoms with van der Waals surface area (Å²) < 4.78 is 13.1. The first kappa shape index (κ1) is 28.4. The molecule has 0 N–H and O–H groups in total. The molecule has 1 aromatic heterocycles. The van der Waals surface area contributed by atoms with Crippen LogP contribution in [0, 0.1) is 10.8 Å². The molecule has 1 aromatic carbocycles. The maximum atomic E-state index is 13.9. The molecule has 40 heavy (non-hydrogen) atoms. The van der Waals surface area contributed by atoms with Crippen molar-refractivity contribution >= 4 is 23.1 Å². The first-order valence-corrected chi connectivity index (χ1v) is 14.2. The van der Waals surface area contributed by atoms with Gasteiger partial charge in [-0.3, -0.25) is 19.2 Å². The molecule has 6 nitrogen and oxygen atoms in total. The Morgan fingerprint density at radius 3 is 1.25 bits per heavy atom. The summed E-state index contributed by atoms with van der Waals surface area (Å²) in [4.78, 5) is 54.9. The molecular formula is C34H40O6. The summed E-state index contributed by atoms with van der Waals surface area (Å²) in [5.74, 6) is 0.492. The minimum atomic E-state index is -1.09. The predicted octanol–water partition coefficient (Wildman–Crippen LogP) is 6.43. The van der Waals surface area contributed by atoms with Gasteiger partial charge >= 0.3 is 0 Å². The number of ketones is 4. The molecule has 2 atom stereocenters. The number of furan rings is 1. The fraction of sp³-hybridized carbons (Fsp3) is 0.529. The molecule has 2 unspecified atom stereocenters. The maximum absolute atomic E-state index is 13.9. The molecule has 3 aliphatic rings. The van der Waals surface area contributed by atoms with Crippen LogP contribution in [-0.4, -0.2) is 23.1 Å². The van der Waals surface area contributed by atoms with Crippen molar-refractivity contribution in [3.63, 3.8) is 0 Å². The second-order valence-electron chi connectivity index (χ2n) is 13.8. The van der Waals surface area contributed by atoms with Crippen molar-refractivity contribution in [2.45, 2.75) is 103 Å². The number of Topliss-reactive ketones (excluding diaryl/α,β-unsaturated/α-hetero) is 4. The number of hydrogen-bond donors (Lipinski definition) is 0. The van der Waals surface area contributed by atoms with Crippen LogP contribution in [0.4, 0.5) is 0 Å². The van der Waals surface area contributed by atoms with Crippen molar-refractivity contribution in [1.82, 2.24) is 0 Å². The van der Waals surface area contributed by atoms with Crippen LogP contribution in [-0.2, 0) is 45.9 Å². The van der Waals surface area contributed by atoms with Gasteiger partial charge in [0.2, 0.25) is 0 Å². The van der Waals surface area contributed by atoms with E-state index in [2.05, 4.69) is 0 Å². The van der Waals surface area contributed by atoms with Crippen LogP contribution in [0.3, 0.4) is 0 Å². The van der Waals surface area contributed by atoms with E-state index in [1.165, 1.54) is 0 Å². The number of carbonyl (C=O) groups excluding carboxylic acids is 4. The molecule has 0 aliphatic carbocycles. The van der Waals surface area contributed by atoms with Crippen LogP contribution >= 0.6 is 0 Å². The lowest BCUT2D eigenvalue weighted by Gasteiger charge is -2.42. The number of ether oxygens (including phenoxy) is 1. The smallest absolute Gasteiger partial charge is 0.146 e. The average molecular weight is 545 g/mol. The van der Waals surface area contributed by atoms with Gasteiger partial charge in [0.1, 0.15) is 45.9 Å². The Hall–Kier alpha value is -3.12. The number of hydrogen-bond acceptors (Lipinski definition) is 6. The van der Waals surface area contributed by atoms with Crippen LogP contribution in [0.15, 0.2) is 53.0 Å². The van der Waals surface area contributed by atoms with Crippen molar-refractivity contribution in [3.8, 4) is 0 Å². The highest BCUT2D eigenvalue weighted by molar-refractivity contribution is 5.96. The Labute approximate surface area is 236 Å². The topological polar surface area (TPSA) is 90.7 Å². The van der Waals surface area contributed by atoms with Crippen LogP contribution in [0.1, 0.15) is 104 Å². The van der Waals surface area contributed by atoms with Gasteiger partial charge in [-0.1, -0.05) is 24.3 Å². The zero-order valence-electron chi connectivity index (χ0n) is 24.9. The summed E-state index contributed by atoms with van der Waals surface area (Å²) in [7, 11) is 0. The molecule has 0 saturated carbocycles. The molecule has 0 radical (unpaired) electrons. The number of benzene rings is 1. The van der Waals surface area contributed by atoms with E-state index in [9.17, 15) is 19.2 Å². The van der Waals surface area contributed by atoms with Crippen molar-refractivity contribution in [2.75, 3.05) is 0 Å². The number of rotatable bonds is 0. The van der Waals surface area contributed by atoms with E-state index in [1.807, 2.05) is 64.1 Å². The van der Waals surface area contributed by atoms with Crippen LogP contribution < -0.4 is 0 Å². The normalized spacial score (nSPS) is 30.6. The third-order valence-electron chi connectivity index (χ3n) is 10.2. The molecule has 6 heteroatoms. The Morgan fingerprint density at radius 2 is 0.875 bits per heavy atom. The van der Waals surface area contributed by atoms with Crippen LogP contribution in [0.5, 0.6) is 0 Å². The summed E-state index contributed by atoms with van der Waals surface area (Å²) in [5.41, 5.74) is -4.46. The van der Waals surface area contributed by atoms with Crippen molar-refractivity contribution < 1.29 is 28.3 Å². The molecule has 3 aliphatic heterocycles. The lowest BCUT2D eigenvalue weighted by Crippen LogP contribution is -2.48. The van der Waals surface area contributed by atoms with Gasteiger partial charge in [0.15, 0.2) is 0 Å². The van der Waals surface area contributed by atoms with Gasteiger partial charge in [-0.05, 0) is 90.8 Å². The quantitative estimate of drug-likeness (QED) is 0.355. The Kier molecular flexibility index (Phi) is 6.17. The molecule has 0 spiro atoms. The molecule has 4 heterocycles. The fourth-order valence-electron chi connectivity index (χ4n) is 6.73. The maximum Gasteiger partial charge on any atom is 0.146 e. The SMILES string of the molecule is CC1(C)C(=O)CCC(=O)C(C)(C)C23C=CC(O2)(c2ccccc23)C(C)(C)C(=O)CCC(=O)C(C)(C)c2ccc1o2. The summed E-state index contributed by atoms with van der Waals surface area (Å²) in [6.45, 7) is 14.6. The molecule has 0 fully saturated rings. The lowest BCUT2D eigenvalue weighted by molar-refractivity contribution is -0.183. The molecule has 4 bridgehead atoms. The summed E-state index contributed by atoms with van der Waals surface area (Å²) >= 11 is 0. The van der Waals surface area contributed by atoms with Gasteiger partial charge < -0.3 is 9.15 Å². The minimum Gasteiger partial charge on any atom is -0.464 e. The summed E-state index contributed by atoms with van der Waals surface area (Å²) in [5, 5.41) is 0. The second kappa shape index (κ2) is 8.69. The number of fused-ring (bicyclic) bond motifs is 3. The molecule has 212 valence electrons. The van der Waals surface area contributed by atoms with Gasteiger partial charge in [-0.2, -0.15) is 0 Å². The van der Waals surface area contributed by atoms with Gasteiger partial charge in [-0.15, -0.1) is 0 Å². The van der Waals surface area contributed by atoms with E-state index >= 15 is 0 Å². The van der Waals surface area contributed by atoms with E-state index in [-0.39, 0.29) is 48.8 Å². The monoisotopic (exact) mass is 544 g/mol. The largest absolute Gasteiger partial charge is 0.464 e. The molecule has 2 aromatic rings. The van der Waals surface area contributed by atoms with Crippen LogP contribution in [0.25, 0.3) is 0 Å². The zero-order chi connectivity index (χ0) is 29.5. The highest BCUT2D eigenvalue weighted by Crippen LogP contribution is 2.66. The Bertz CT molecular complexity index is 1360. The highest BCUT2D eigenvalue weighted by Gasteiger charge is 2.68. The molecular weight excluding hydrogens is 504 g/mol. The van der Waals surface area contributed by atoms with E-state index < -0.39 is 32.9 Å². The third-order valence-corrected chi connectivity index (χ3v) is 10.2. The van der Waals surface area contributed by atoms with Crippen molar-refractivity contribution in [3.05, 3.63) is 71.2 Å². The second-order valence-corrected chi connectivity index (χ2v) is 13.8. The van der Waals surface area contributed by atoms with Gasteiger partial charge in [0.05, 0.1) is 21.7 Å². The molecule has 5 rings (SSSR count).